The van der Waals surface area contributed by atoms with Gasteiger partial charge in [0.1, 0.15) is 0 Å². The molecule has 1 aromatic heterocycles. The Morgan fingerprint density at radius 3 is 2.54 bits per heavy atom. The third kappa shape index (κ3) is 2.34. The molecule has 0 atom stereocenters. The number of rotatable bonds is 1. The Morgan fingerprint density at radius 2 is 1.88 bits per heavy atom. The average molecular weight is 331 g/mol. The largest absolute Gasteiger partial charge is 0.465 e. The smallest absolute Gasteiger partial charge is 0.417 e. The number of aromatic amines is 1. The molecule has 8 nitrogen and oxygen atoms in total. The van der Waals surface area contributed by atoms with Gasteiger partial charge in [-0.05, 0) is 31.0 Å². The number of carboxylic acid groups (broad SMARTS) is 1. The first-order valence-electron chi connectivity index (χ1n) is 7.86. The van der Waals surface area contributed by atoms with E-state index in [1.54, 1.807) is 23.1 Å². The molecule has 126 valence electrons. The molecule has 2 fully saturated rings. The summed E-state index contributed by atoms with van der Waals surface area (Å²) < 4.78 is 4.99. The molecule has 2 aromatic rings. The molecule has 2 aliphatic heterocycles. The zero-order chi connectivity index (χ0) is 16.9. The summed E-state index contributed by atoms with van der Waals surface area (Å²) >= 11 is 0. The number of fused-ring (bicyclic) bond motifs is 1. The van der Waals surface area contributed by atoms with Gasteiger partial charge in [-0.25, -0.2) is 9.59 Å². The Labute approximate surface area is 136 Å². The lowest BCUT2D eigenvalue weighted by Gasteiger charge is -2.53. The minimum atomic E-state index is -0.876. The molecule has 3 heterocycles. The molecule has 0 radical (unpaired) electrons. The molecule has 2 N–H and O–H groups in total. The van der Waals surface area contributed by atoms with Gasteiger partial charge in [-0.3, -0.25) is 9.78 Å². The number of hydrogen-bond acceptors (Lipinski definition) is 4. The number of likely N-dealkylation sites (tertiary alicyclic amines) is 2. The SMILES string of the molecule is O=C(O)N1CCC2(CC1)CN(C(=O)c1ccc3[nH]c(=O)oc3c1)C2. The molecule has 24 heavy (non-hydrogen) atoms. The molecule has 1 spiro atoms. The van der Waals surface area contributed by atoms with E-state index in [1.165, 1.54) is 4.90 Å². The van der Waals surface area contributed by atoms with Crippen LogP contribution in [-0.4, -0.2) is 58.1 Å². The maximum absolute atomic E-state index is 12.6. The fraction of sp³-hybridized carbons (Fsp3) is 0.438. The second kappa shape index (κ2) is 5.12. The van der Waals surface area contributed by atoms with Crippen molar-refractivity contribution in [2.45, 2.75) is 12.8 Å². The molecule has 0 unspecified atom stereocenters. The van der Waals surface area contributed by atoms with Gasteiger partial charge in [0.15, 0.2) is 5.58 Å². The summed E-state index contributed by atoms with van der Waals surface area (Å²) in [5, 5.41) is 9.00. The van der Waals surface area contributed by atoms with Crippen LogP contribution in [0.4, 0.5) is 4.79 Å². The monoisotopic (exact) mass is 331 g/mol. The zero-order valence-corrected chi connectivity index (χ0v) is 12.9. The lowest BCUT2D eigenvalue weighted by Crippen LogP contribution is -2.62. The molecule has 2 amide bonds. The molecular formula is C16H17N3O5. The van der Waals surface area contributed by atoms with Crippen LogP contribution in [0.2, 0.25) is 0 Å². The molecule has 4 rings (SSSR count). The number of nitrogens with one attached hydrogen (secondary N) is 1. The van der Waals surface area contributed by atoms with Crippen LogP contribution in [0, 0.1) is 5.41 Å². The van der Waals surface area contributed by atoms with Gasteiger partial charge in [-0.2, -0.15) is 0 Å². The van der Waals surface area contributed by atoms with Gasteiger partial charge in [0, 0.05) is 37.2 Å². The number of piperidine rings is 1. The predicted molar refractivity (Wildman–Crippen MR) is 84.0 cm³/mol. The molecule has 0 aliphatic carbocycles. The summed E-state index contributed by atoms with van der Waals surface area (Å²) in [4.78, 5) is 40.5. The Morgan fingerprint density at radius 1 is 1.17 bits per heavy atom. The first kappa shape index (κ1) is 14.8. The van der Waals surface area contributed by atoms with Gasteiger partial charge in [0.05, 0.1) is 5.52 Å². The number of nitrogens with zero attached hydrogens (tertiary/aromatic N) is 2. The highest BCUT2D eigenvalue weighted by molar-refractivity contribution is 5.97. The van der Waals surface area contributed by atoms with Gasteiger partial charge in [0.25, 0.3) is 5.91 Å². The molecule has 0 bridgehead atoms. The van der Waals surface area contributed by atoms with Crippen molar-refractivity contribution in [2.75, 3.05) is 26.2 Å². The van der Waals surface area contributed by atoms with Gasteiger partial charge in [-0.1, -0.05) is 0 Å². The lowest BCUT2D eigenvalue weighted by atomic mass is 9.72. The molecular weight excluding hydrogens is 314 g/mol. The standard InChI is InChI=1S/C16H17N3O5/c20-13(10-1-2-11-12(7-10)24-14(21)17-11)19-8-16(9-19)3-5-18(6-4-16)15(22)23/h1-2,7H,3-6,8-9H2,(H,17,21)(H,22,23). The fourth-order valence-corrected chi connectivity index (χ4v) is 3.66. The van der Waals surface area contributed by atoms with Gasteiger partial charge >= 0.3 is 11.8 Å². The summed E-state index contributed by atoms with van der Waals surface area (Å²) in [6, 6.07) is 4.91. The van der Waals surface area contributed by atoms with Crippen molar-refractivity contribution in [1.29, 1.82) is 0 Å². The zero-order valence-electron chi connectivity index (χ0n) is 12.9. The summed E-state index contributed by atoms with van der Waals surface area (Å²) in [5.41, 5.74) is 1.48. The van der Waals surface area contributed by atoms with Crippen molar-refractivity contribution < 1.29 is 19.1 Å². The van der Waals surface area contributed by atoms with E-state index < -0.39 is 11.8 Å². The van der Waals surface area contributed by atoms with Crippen LogP contribution in [0.5, 0.6) is 0 Å². The number of hydrogen-bond donors (Lipinski definition) is 2. The van der Waals surface area contributed by atoms with Crippen LogP contribution >= 0.6 is 0 Å². The van der Waals surface area contributed by atoms with E-state index in [1.807, 2.05) is 0 Å². The molecule has 8 heteroatoms. The highest BCUT2D eigenvalue weighted by atomic mass is 16.4. The first-order chi connectivity index (χ1) is 11.5. The minimum absolute atomic E-state index is 0.0480. The number of H-pyrrole nitrogens is 1. The predicted octanol–water partition coefficient (Wildman–Crippen LogP) is 1.34. The van der Waals surface area contributed by atoms with Crippen molar-refractivity contribution in [3.8, 4) is 0 Å². The van der Waals surface area contributed by atoms with E-state index in [9.17, 15) is 14.4 Å². The number of benzene rings is 1. The van der Waals surface area contributed by atoms with Gasteiger partial charge in [-0.15, -0.1) is 0 Å². The summed E-state index contributed by atoms with van der Waals surface area (Å²) in [7, 11) is 0. The summed E-state index contributed by atoms with van der Waals surface area (Å²) in [6.07, 6.45) is 0.697. The van der Waals surface area contributed by atoms with E-state index in [4.69, 9.17) is 9.52 Å². The van der Waals surface area contributed by atoms with Crippen LogP contribution in [0.1, 0.15) is 23.2 Å². The van der Waals surface area contributed by atoms with Crippen LogP contribution in [0.3, 0.4) is 0 Å². The van der Waals surface area contributed by atoms with Crippen LogP contribution in [-0.2, 0) is 0 Å². The Kier molecular flexibility index (Phi) is 3.16. The number of carbonyl (C=O) groups is 2. The number of amides is 2. The van der Waals surface area contributed by atoms with Crippen LogP contribution < -0.4 is 5.76 Å². The first-order valence-corrected chi connectivity index (χ1v) is 7.86. The Bertz CT molecular complexity index is 867. The fourth-order valence-electron chi connectivity index (χ4n) is 3.66. The third-order valence-corrected chi connectivity index (χ3v) is 5.10. The number of aromatic nitrogens is 1. The van der Waals surface area contributed by atoms with Crippen LogP contribution in [0.25, 0.3) is 11.1 Å². The van der Waals surface area contributed by atoms with Crippen molar-refractivity contribution in [1.82, 2.24) is 14.8 Å². The molecule has 1 aromatic carbocycles. The van der Waals surface area contributed by atoms with Crippen molar-refractivity contribution in [3.05, 3.63) is 34.3 Å². The maximum atomic E-state index is 12.6. The molecule has 0 saturated carbocycles. The van der Waals surface area contributed by atoms with Crippen molar-refractivity contribution in [2.24, 2.45) is 5.41 Å². The lowest BCUT2D eigenvalue weighted by molar-refractivity contribution is -0.0291. The van der Waals surface area contributed by atoms with Crippen LogP contribution in [0.15, 0.2) is 27.4 Å². The van der Waals surface area contributed by atoms with E-state index >= 15 is 0 Å². The summed E-state index contributed by atoms with van der Waals surface area (Å²) in [6.45, 7) is 2.35. The van der Waals surface area contributed by atoms with Gasteiger partial charge in [0.2, 0.25) is 0 Å². The molecule has 2 saturated heterocycles. The average Bonchev–Trinajstić information content (AvgIpc) is 2.91. The normalized spacial score (nSPS) is 19.5. The molecule has 2 aliphatic rings. The maximum Gasteiger partial charge on any atom is 0.417 e. The van der Waals surface area contributed by atoms with E-state index in [2.05, 4.69) is 4.98 Å². The third-order valence-electron chi connectivity index (χ3n) is 5.10. The number of oxazole rings is 1. The van der Waals surface area contributed by atoms with E-state index in [0.717, 1.165) is 12.8 Å². The highest BCUT2D eigenvalue weighted by Crippen LogP contribution is 2.41. The minimum Gasteiger partial charge on any atom is -0.465 e. The van der Waals surface area contributed by atoms with E-state index in [-0.39, 0.29) is 11.3 Å². The Hall–Kier alpha value is -2.77. The van der Waals surface area contributed by atoms with Crippen molar-refractivity contribution >= 4 is 23.1 Å². The Balaban J connectivity index is 1.43. The second-order valence-electron chi connectivity index (χ2n) is 6.66. The highest BCUT2D eigenvalue weighted by Gasteiger charge is 2.47. The topological polar surface area (TPSA) is 107 Å². The summed E-state index contributed by atoms with van der Waals surface area (Å²) in [5.74, 6) is -0.630. The quantitative estimate of drug-likeness (QED) is 0.820. The van der Waals surface area contributed by atoms with Crippen molar-refractivity contribution in [3.63, 3.8) is 0 Å². The van der Waals surface area contributed by atoms with Gasteiger partial charge < -0.3 is 19.3 Å². The van der Waals surface area contributed by atoms with E-state index in [0.29, 0.717) is 42.8 Å². The number of carbonyl (C=O) groups excluding carboxylic acids is 1. The second-order valence-corrected chi connectivity index (χ2v) is 6.66.